The quantitative estimate of drug-likeness (QED) is 0.870. The van der Waals surface area contributed by atoms with Crippen LogP contribution in [0.2, 0.25) is 0 Å². The van der Waals surface area contributed by atoms with Crippen molar-refractivity contribution in [2.75, 3.05) is 6.54 Å². The molecule has 2 N–H and O–H groups in total. The molecule has 2 atom stereocenters. The van der Waals surface area contributed by atoms with Crippen LogP contribution in [-0.4, -0.2) is 40.5 Å². The summed E-state index contributed by atoms with van der Waals surface area (Å²) in [7, 11) is 0. The second-order valence-corrected chi connectivity index (χ2v) is 6.77. The summed E-state index contributed by atoms with van der Waals surface area (Å²) in [4.78, 5) is 30.5. The number of pyridine rings is 1. The van der Waals surface area contributed by atoms with Gasteiger partial charge < -0.3 is 15.5 Å². The first kappa shape index (κ1) is 15.8. The minimum atomic E-state index is -0.232. The van der Waals surface area contributed by atoms with Crippen molar-refractivity contribution in [3.8, 4) is 0 Å². The summed E-state index contributed by atoms with van der Waals surface area (Å²) in [5, 5.41) is 5.93. The molecule has 3 amide bonds. The highest BCUT2D eigenvalue weighted by atomic mass is 16.2. The van der Waals surface area contributed by atoms with Crippen LogP contribution in [0.3, 0.4) is 0 Å². The lowest BCUT2D eigenvalue weighted by atomic mass is 10.0. The molecule has 0 spiro atoms. The molecule has 1 aliphatic carbocycles. The summed E-state index contributed by atoms with van der Waals surface area (Å²) in [6.45, 7) is 4.73. The maximum atomic E-state index is 12.3. The van der Waals surface area contributed by atoms with Gasteiger partial charge in [-0.1, -0.05) is 19.9 Å². The van der Waals surface area contributed by atoms with Crippen LogP contribution in [-0.2, 0) is 4.79 Å². The summed E-state index contributed by atoms with van der Waals surface area (Å²) in [6.07, 6.45) is 4.33. The minimum Gasteiger partial charge on any atom is -0.338 e. The molecule has 2 fully saturated rings. The third-order valence-corrected chi connectivity index (χ3v) is 4.44. The van der Waals surface area contributed by atoms with Crippen LogP contribution in [0.5, 0.6) is 0 Å². The fourth-order valence-corrected chi connectivity index (χ4v) is 3.08. The molecular weight excluding hydrogens is 292 g/mol. The maximum absolute atomic E-state index is 12.3. The highest BCUT2D eigenvalue weighted by molar-refractivity contribution is 5.82. The van der Waals surface area contributed by atoms with Gasteiger partial charge in [-0.25, -0.2) is 4.79 Å². The molecule has 1 aromatic rings. The van der Waals surface area contributed by atoms with E-state index in [1.54, 1.807) is 6.20 Å². The van der Waals surface area contributed by atoms with E-state index < -0.39 is 0 Å². The molecule has 2 heterocycles. The zero-order valence-electron chi connectivity index (χ0n) is 13.7. The summed E-state index contributed by atoms with van der Waals surface area (Å²) in [5.41, 5.74) is 0.847. The van der Waals surface area contributed by atoms with Gasteiger partial charge in [0.05, 0.1) is 17.8 Å². The highest BCUT2D eigenvalue weighted by Gasteiger charge is 2.39. The number of aromatic nitrogens is 1. The van der Waals surface area contributed by atoms with Crippen LogP contribution in [0.25, 0.3) is 0 Å². The van der Waals surface area contributed by atoms with Crippen LogP contribution < -0.4 is 10.6 Å². The van der Waals surface area contributed by atoms with Crippen molar-refractivity contribution in [2.24, 2.45) is 5.92 Å². The molecule has 3 rings (SSSR count). The van der Waals surface area contributed by atoms with Gasteiger partial charge in [0.1, 0.15) is 0 Å². The second-order valence-electron chi connectivity index (χ2n) is 6.77. The van der Waals surface area contributed by atoms with E-state index in [2.05, 4.69) is 15.6 Å². The number of carbonyl (C=O) groups excluding carboxylic acids is 2. The number of carbonyl (C=O) groups is 2. The molecule has 23 heavy (non-hydrogen) atoms. The monoisotopic (exact) mass is 316 g/mol. The number of nitrogens with one attached hydrogen (secondary N) is 2. The third-order valence-electron chi connectivity index (χ3n) is 4.44. The lowest BCUT2D eigenvalue weighted by Gasteiger charge is -2.23. The summed E-state index contributed by atoms with van der Waals surface area (Å²) < 4.78 is 0. The third kappa shape index (κ3) is 3.81. The Balaban J connectivity index is 1.56. The van der Waals surface area contributed by atoms with E-state index in [1.165, 1.54) is 0 Å². The van der Waals surface area contributed by atoms with Crippen molar-refractivity contribution in [1.29, 1.82) is 0 Å². The lowest BCUT2D eigenvalue weighted by Crippen LogP contribution is -2.45. The number of rotatable bonds is 5. The normalized spacial score (nSPS) is 22.3. The molecule has 1 aromatic heterocycles. The van der Waals surface area contributed by atoms with Crippen molar-refractivity contribution < 1.29 is 9.59 Å². The molecule has 1 aliphatic heterocycles. The van der Waals surface area contributed by atoms with Crippen molar-refractivity contribution in [3.63, 3.8) is 0 Å². The van der Waals surface area contributed by atoms with Gasteiger partial charge in [0.2, 0.25) is 5.91 Å². The van der Waals surface area contributed by atoms with E-state index in [4.69, 9.17) is 0 Å². The van der Waals surface area contributed by atoms with Crippen LogP contribution >= 0.6 is 0 Å². The maximum Gasteiger partial charge on any atom is 0.315 e. The van der Waals surface area contributed by atoms with Crippen molar-refractivity contribution in [3.05, 3.63) is 30.1 Å². The van der Waals surface area contributed by atoms with Crippen molar-refractivity contribution >= 4 is 11.9 Å². The molecule has 0 unspecified atom stereocenters. The number of amides is 3. The summed E-state index contributed by atoms with van der Waals surface area (Å²) in [5.74, 6) is 0.381. The molecular formula is C17H24N4O2. The molecule has 124 valence electrons. The number of likely N-dealkylation sites (tertiary alicyclic amines) is 1. The molecule has 1 saturated heterocycles. The highest BCUT2D eigenvalue weighted by Crippen LogP contribution is 2.30. The van der Waals surface area contributed by atoms with Crippen molar-refractivity contribution in [1.82, 2.24) is 20.5 Å². The predicted octanol–water partition coefficient (Wildman–Crippen LogP) is 1.84. The molecule has 6 heteroatoms. The van der Waals surface area contributed by atoms with E-state index in [9.17, 15) is 9.59 Å². The molecule has 0 aromatic carbocycles. The summed E-state index contributed by atoms with van der Waals surface area (Å²) >= 11 is 0. The smallest absolute Gasteiger partial charge is 0.315 e. The van der Waals surface area contributed by atoms with Gasteiger partial charge in [-0.05, 0) is 30.9 Å². The molecule has 0 radical (unpaired) electrons. The zero-order valence-corrected chi connectivity index (χ0v) is 13.7. The predicted molar refractivity (Wildman–Crippen MR) is 86.6 cm³/mol. The van der Waals surface area contributed by atoms with Crippen molar-refractivity contribution in [2.45, 2.75) is 51.2 Å². The van der Waals surface area contributed by atoms with Gasteiger partial charge in [0, 0.05) is 25.2 Å². The van der Waals surface area contributed by atoms with Gasteiger partial charge in [0.25, 0.3) is 0 Å². The Morgan fingerprint density at radius 2 is 2.13 bits per heavy atom. The van der Waals surface area contributed by atoms with Gasteiger partial charge in [-0.3, -0.25) is 9.78 Å². The molecule has 2 aliphatic rings. The van der Waals surface area contributed by atoms with Gasteiger partial charge >= 0.3 is 6.03 Å². The molecule has 1 saturated carbocycles. The lowest BCUT2D eigenvalue weighted by molar-refractivity contribution is -0.128. The van der Waals surface area contributed by atoms with Gasteiger partial charge in [-0.2, -0.15) is 0 Å². The molecule has 6 nitrogen and oxygen atoms in total. The SMILES string of the molecule is CC(C)[C@@H](NC(=O)N[C@@H]1CC(=O)N(C2CC2)C1)c1ccccn1. The standard InChI is InChI=1S/C17H24N4O2/c1-11(2)16(14-5-3-4-8-18-14)20-17(23)19-12-9-15(22)21(10-12)13-6-7-13/h3-5,8,11-13,16H,6-7,9-10H2,1-2H3,(H2,19,20,23)/t12-,16-/m1/s1. The van der Waals surface area contributed by atoms with E-state index in [1.807, 2.05) is 36.9 Å². The van der Waals surface area contributed by atoms with Gasteiger partial charge in [0.15, 0.2) is 0 Å². The number of nitrogens with zero attached hydrogens (tertiary/aromatic N) is 2. The first-order valence-electron chi connectivity index (χ1n) is 8.32. The Labute approximate surface area is 136 Å². The van der Waals surface area contributed by atoms with E-state index in [-0.39, 0.29) is 29.9 Å². The number of hydrogen-bond acceptors (Lipinski definition) is 3. The van der Waals surface area contributed by atoms with E-state index in [0.29, 0.717) is 19.0 Å². The first-order valence-corrected chi connectivity index (χ1v) is 8.32. The van der Waals surface area contributed by atoms with E-state index in [0.717, 1.165) is 18.5 Å². The Morgan fingerprint density at radius 3 is 2.74 bits per heavy atom. The topological polar surface area (TPSA) is 74.3 Å². The zero-order chi connectivity index (χ0) is 16.4. The first-order chi connectivity index (χ1) is 11.0. The Morgan fingerprint density at radius 1 is 1.35 bits per heavy atom. The Hall–Kier alpha value is -2.11. The minimum absolute atomic E-state index is 0.0976. The van der Waals surface area contributed by atoms with Crippen LogP contribution in [0, 0.1) is 5.92 Å². The van der Waals surface area contributed by atoms with Gasteiger partial charge in [-0.15, -0.1) is 0 Å². The fraction of sp³-hybridized carbons (Fsp3) is 0.588. The van der Waals surface area contributed by atoms with Crippen LogP contribution in [0.1, 0.15) is 44.8 Å². The van der Waals surface area contributed by atoms with Crippen LogP contribution in [0.15, 0.2) is 24.4 Å². The fourth-order valence-electron chi connectivity index (χ4n) is 3.08. The Kier molecular flexibility index (Phi) is 4.50. The largest absolute Gasteiger partial charge is 0.338 e. The molecule has 0 bridgehead atoms. The number of urea groups is 1. The Bertz CT molecular complexity index is 571. The summed E-state index contributed by atoms with van der Waals surface area (Å²) in [6, 6.07) is 5.63. The van der Waals surface area contributed by atoms with Crippen LogP contribution in [0.4, 0.5) is 4.79 Å². The average molecular weight is 316 g/mol. The van der Waals surface area contributed by atoms with E-state index >= 15 is 0 Å². The average Bonchev–Trinajstić information content (AvgIpc) is 3.29. The number of hydrogen-bond donors (Lipinski definition) is 2. The second kappa shape index (κ2) is 6.56.